The molecule has 0 unspecified atom stereocenters. The molecule has 0 saturated carbocycles. The Balaban J connectivity index is 1.95. The van der Waals surface area contributed by atoms with Crippen molar-refractivity contribution in [2.75, 3.05) is 6.54 Å². The molecule has 3 nitrogen and oxygen atoms in total. The second kappa shape index (κ2) is 4.93. The van der Waals surface area contributed by atoms with Gasteiger partial charge in [-0.2, -0.15) is 0 Å². The number of rotatable bonds is 1. The van der Waals surface area contributed by atoms with Gasteiger partial charge in [-0.3, -0.25) is 0 Å². The third-order valence-electron chi connectivity index (χ3n) is 4.70. The van der Waals surface area contributed by atoms with Crippen molar-refractivity contribution in [3.8, 4) is 11.5 Å². The van der Waals surface area contributed by atoms with Gasteiger partial charge in [0, 0.05) is 11.9 Å². The van der Waals surface area contributed by atoms with Gasteiger partial charge in [-0.25, -0.2) is 4.98 Å². The number of pyridine rings is 1. The van der Waals surface area contributed by atoms with Gasteiger partial charge in [-0.1, -0.05) is 30.3 Å². The van der Waals surface area contributed by atoms with Crippen molar-refractivity contribution in [2.45, 2.75) is 13.0 Å². The van der Waals surface area contributed by atoms with E-state index >= 15 is 0 Å². The van der Waals surface area contributed by atoms with Gasteiger partial charge >= 0.3 is 0 Å². The maximum atomic E-state index is 5.63. The summed E-state index contributed by atoms with van der Waals surface area (Å²) in [6.07, 6.45) is 2.74. The van der Waals surface area contributed by atoms with Crippen LogP contribution in [0.5, 0.6) is 0 Å². The van der Waals surface area contributed by atoms with Crippen molar-refractivity contribution in [2.24, 2.45) is 0 Å². The number of benzene rings is 2. The van der Waals surface area contributed by atoms with Crippen LogP contribution in [0.2, 0.25) is 0 Å². The number of aromatic nitrogens is 1. The normalized spacial score (nSPS) is 14.3. The molecule has 3 heteroatoms. The summed E-state index contributed by atoms with van der Waals surface area (Å²) in [5.74, 6) is 0.847. The fourth-order valence-corrected chi connectivity index (χ4v) is 3.66. The minimum atomic E-state index is 0.845. The molecule has 0 atom stereocenters. The minimum Gasteiger partial charge on any atom is -0.463 e. The van der Waals surface area contributed by atoms with E-state index in [2.05, 4.69) is 41.7 Å². The van der Waals surface area contributed by atoms with E-state index < -0.39 is 0 Å². The standard InChI is InChI=1S/C20H16N2O/c1-2-5-14-13(4-1)7-8-17-19(14)15-9-10-21-12-16(15)20(22-17)18-6-3-11-23-18/h1-8,11,21H,9-10,12H2. The zero-order valence-electron chi connectivity index (χ0n) is 12.7. The van der Waals surface area contributed by atoms with E-state index in [4.69, 9.17) is 9.40 Å². The molecule has 23 heavy (non-hydrogen) atoms. The lowest BCUT2D eigenvalue weighted by molar-refractivity contribution is 0.575. The molecule has 0 saturated heterocycles. The molecule has 0 fully saturated rings. The fourth-order valence-electron chi connectivity index (χ4n) is 3.66. The molecule has 0 radical (unpaired) electrons. The van der Waals surface area contributed by atoms with Crippen LogP contribution in [0.1, 0.15) is 11.1 Å². The van der Waals surface area contributed by atoms with Gasteiger partial charge in [0.1, 0.15) is 5.69 Å². The van der Waals surface area contributed by atoms with Crippen molar-refractivity contribution in [1.29, 1.82) is 0 Å². The van der Waals surface area contributed by atoms with E-state index in [1.165, 1.54) is 27.3 Å². The molecule has 3 heterocycles. The SMILES string of the molecule is c1coc(-c2nc3ccc4ccccc4c3c3c2CNCC3)c1. The first-order valence-electron chi connectivity index (χ1n) is 7.99. The predicted molar refractivity (Wildman–Crippen MR) is 92.4 cm³/mol. The van der Waals surface area contributed by atoms with Gasteiger partial charge in [0.15, 0.2) is 5.76 Å². The average Bonchev–Trinajstić information content (AvgIpc) is 3.15. The Morgan fingerprint density at radius 2 is 1.91 bits per heavy atom. The summed E-state index contributed by atoms with van der Waals surface area (Å²) in [5, 5.41) is 7.34. The molecular formula is C20H16N2O. The number of nitrogens with one attached hydrogen (secondary N) is 1. The molecule has 1 aliphatic heterocycles. The largest absolute Gasteiger partial charge is 0.463 e. The van der Waals surface area contributed by atoms with Crippen molar-refractivity contribution < 1.29 is 4.42 Å². The monoisotopic (exact) mass is 300 g/mol. The Bertz CT molecular complexity index is 1020. The molecule has 0 amide bonds. The molecule has 4 aromatic rings. The Morgan fingerprint density at radius 3 is 2.83 bits per heavy atom. The maximum absolute atomic E-state index is 5.63. The van der Waals surface area contributed by atoms with Crippen LogP contribution in [0, 0.1) is 0 Å². The van der Waals surface area contributed by atoms with Crippen LogP contribution in [0.15, 0.2) is 59.2 Å². The van der Waals surface area contributed by atoms with Gasteiger partial charge in [0.05, 0.1) is 11.8 Å². The second-order valence-corrected chi connectivity index (χ2v) is 6.00. The Labute approximate surface area is 134 Å². The summed E-state index contributed by atoms with van der Waals surface area (Å²) in [4.78, 5) is 4.95. The first-order valence-corrected chi connectivity index (χ1v) is 7.99. The van der Waals surface area contributed by atoms with E-state index in [1.807, 2.05) is 12.1 Å². The highest BCUT2D eigenvalue weighted by Crippen LogP contribution is 2.35. The summed E-state index contributed by atoms with van der Waals surface area (Å²) >= 11 is 0. The first kappa shape index (κ1) is 12.9. The van der Waals surface area contributed by atoms with Gasteiger partial charge in [-0.15, -0.1) is 0 Å². The molecule has 112 valence electrons. The molecule has 1 aliphatic rings. The zero-order valence-corrected chi connectivity index (χ0v) is 12.7. The van der Waals surface area contributed by atoms with Gasteiger partial charge < -0.3 is 9.73 Å². The Hall–Kier alpha value is -2.65. The van der Waals surface area contributed by atoms with Crippen LogP contribution in [0.25, 0.3) is 33.1 Å². The number of hydrogen-bond donors (Lipinski definition) is 1. The average molecular weight is 300 g/mol. The number of nitrogens with zero attached hydrogens (tertiary/aromatic N) is 1. The van der Waals surface area contributed by atoms with E-state index in [-0.39, 0.29) is 0 Å². The summed E-state index contributed by atoms with van der Waals surface area (Å²) in [6, 6.07) is 16.8. The van der Waals surface area contributed by atoms with E-state index in [1.54, 1.807) is 6.26 Å². The van der Waals surface area contributed by atoms with Crippen LogP contribution in [-0.2, 0) is 13.0 Å². The number of furan rings is 1. The molecule has 0 spiro atoms. The predicted octanol–water partition coefficient (Wildman–Crippen LogP) is 4.29. The van der Waals surface area contributed by atoms with Crippen LogP contribution in [0.4, 0.5) is 0 Å². The molecule has 5 rings (SSSR count). The van der Waals surface area contributed by atoms with Gasteiger partial charge in [0.2, 0.25) is 0 Å². The van der Waals surface area contributed by atoms with Crippen LogP contribution < -0.4 is 5.32 Å². The molecule has 0 aliphatic carbocycles. The highest BCUT2D eigenvalue weighted by Gasteiger charge is 2.21. The first-order chi connectivity index (χ1) is 11.4. The van der Waals surface area contributed by atoms with Gasteiger partial charge in [0.25, 0.3) is 0 Å². The quantitative estimate of drug-likeness (QED) is 0.533. The van der Waals surface area contributed by atoms with Crippen molar-refractivity contribution in [3.05, 3.63) is 65.9 Å². The highest BCUT2D eigenvalue weighted by atomic mass is 16.3. The molecular weight excluding hydrogens is 284 g/mol. The number of fused-ring (bicyclic) bond motifs is 5. The Kier molecular flexibility index (Phi) is 2.76. The van der Waals surface area contributed by atoms with Crippen LogP contribution in [-0.4, -0.2) is 11.5 Å². The third-order valence-corrected chi connectivity index (χ3v) is 4.70. The molecule has 1 N–H and O–H groups in total. The van der Waals surface area contributed by atoms with E-state index in [0.29, 0.717) is 0 Å². The lowest BCUT2D eigenvalue weighted by Crippen LogP contribution is -2.25. The highest BCUT2D eigenvalue weighted by molar-refractivity contribution is 6.09. The summed E-state index contributed by atoms with van der Waals surface area (Å²) in [5.41, 5.74) is 4.71. The zero-order chi connectivity index (χ0) is 15.2. The van der Waals surface area contributed by atoms with Crippen molar-refractivity contribution in [1.82, 2.24) is 10.3 Å². The summed E-state index contributed by atoms with van der Waals surface area (Å²) in [6.45, 7) is 1.85. The molecule has 0 bridgehead atoms. The third kappa shape index (κ3) is 1.90. The fraction of sp³-hybridized carbons (Fsp3) is 0.150. The van der Waals surface area contributed by atoms with E-state index in [9.17, 15) is 0 Å². The second-order valence-electron chi connectivity index (χ2n) is 6.00. The smallest absolute Gasteiger partial charge is 0.152 e. The topological polar surface area (TPSA) is 38.1 Å². The summed E-state index contributed by atoms with van der Waals surface area (Å²) in [7, 11) is 0. The van der Waals surface area contributed by atoms with Crippen molar-refractivity contribution in [3.63, 3.8) is 0 Å². The van der Waals surface area contributed by atoms with Crippen LogP contribution >= 0.6 is 0 Å². The number of hydrogen-bond acceptors (Lipinski definition) is 3. The van der Waals surface area contributed by atoms with Crippen LogP contribution in [0.3, 0.4) is 0 Å². The molecule has 2 aromatic heterocycles. The van der Waals surface area contributed by atoms with Gasteiger partial charge in [-0.05, 0) is 53.1 Å². The lowest BCUT2D eigenvalue weighted by atomic mass is 9.91. The Morgan fingerprint density at radius 1 is 0.957 bits per heavy atom. The maximum Gasteiger partial charge on any atom is 0.152 e. The summed E-state index contributed by atoms with van der Waals surface area (Å²) < 4.78 is 5.63. The van der Waals surface area contributed by atoms with Crippen molar-refractivity contribution >= 4 is 21.7 Å². The lowest BCUT2D eigenvalue weighted by Gasteiger charge is -2.22. The minimum absolute atomic E-state index is 0.845. The van der Waals surface area contributed by atoms with E-state index in [0.717, 1.165) is 36.5 Å². The molecule has 2 aromatic carbocycles.